The molecule has 0 aliphatic carbocycles. The number of hydrogen-bond acceptors (Lipinski definition) is 2. The van der Waals surface area contributed by atoms with Crippen molar-refractivity contribution < 1.29 is 13.6 Å². The summed E-state index contributed by atoms with van der Waals surface area (Å²) in [4.78, 5) is 5.35. The van der Waals surface area contributed by atoms with E-state index in [1.807, 2.05) is 0 Å². The molecule has 2 aliphatic rings. The number of aryl methyl sites for hydroxylation is 5. The van der Waals surface area contributed by atoms with Gasteiger partial charge in [0.15, 0.2) is 29.7 Å². The highest BCUT2D eigenvalue weighted by Gasteiger charge is 2.47. The predicted molar refractivity (Wildman–Crippen MR) is 231 cm³/mol. The Bertz CT molecular complexity index is 2730. The lowest BCUT2D eigenvalue weighted by Gasteiger charge is -2.30. The number of aromatic nitrogens is 3. The van der Waals surface area contributed by atoms with E-state index in [0.29, 0.717) is 23.5 Å². The fourth-order valence-electron chi connectivity index (χ4n) is 9.92. The van der Waals surface area contributed by atoms with E-state index in [0.717, 1.165) is 51.8 Å². The molecule has 2 aliphatic heterocycles. The molecule has 0 radical (unpaired) electrons. The first-order chi connectivity index (χ1) is 26.8. The molecule has 0 spiro atoms. The first kappa shape index (κ1) is 36.3. The maximum absolute atomic E-state index is 7.09. The van der Waals surface area contributed by atoms with Gasteiger partial charge in [0.1, 0.15) is 5.92 Å². The Kier molecular flexibility index (Phi) is 8.68. The molecule has 7 aromatic rings. The summed E-state index contributed by atoms with van der Waals surface area (Å²) in [7, 11) is 0. The summed E-state index contributed by atoms with van der Waals surface area (Å²) in [6.45, 7) is 27.7. The molecule has 56 heavy (non-hydrogen) atoms. The van der Waals surface area contributed by atoms with Crippen LogP contribution in [0, 0.1) is 27.7 Å². The average Bonchev–Trinajstić information content (AvgIpc) is 3.55. The van der Waals surface area contributed by atoms with Crippen LogP contribution in [0.5, 0.6) is 0 Å². The molecule has 3 aromatic carbocycles. The minimum Gasteiger partial charge on any atom is -0.437 e. The molecular formula is C52H55N3O+2. The van der Waals surface area contributed by atoms with Crippen molar-refractivity contribution in [3.8, 4) is 33.8 Å². The van der Waals surface area contributed by atoms with Crippen molar-refractivity contribution in [2.24, 2.45) is 0 Å². The third kappa shape index (κ3) is 5.58. The van der Waals surface area contributed by atoms with Crippen LogP contribution in [-0.4, -0.2) is 4.98 Å². The number of rotatable bonds is 4. The third-order valence-electron chi connectivity index (χ3n) is 13.0. The van der Waals surface area contributed by atoms with Gasteiger partial charge >= 0.3 is 0 Å². The van der Waals surface area contributed by atoms with E-state index in [-0.39, 0.29) is 12.0 Å². The smallest absolute Gasteiger partial charge is 0.227 e. The summed E-state index contributed by atoms with van der Waals surface area (Å²) in [6.07, 6.45) is 6.61. The Balaban J connectivity index is 1.32. The lowest BCUT2D eigenvalue weighted by atomic mass is 9.78. The van der Waals surface area contributed by atoms with Crippen molar-refractivity contribution in [2.75, 3.05) is 0 Å². The zero-order valence-corrected chi connectivity index (χ0v) is 34.8. The quantitative estimate of drug-likeness (QED) is 0.169. The molecule has 0 saturated heterocycles. The van der Waals surface area contributed by atoms with Gasteiger partial charge in [0.25, 0.3) is 0 Å². The largest absolute Gasteiger partial charge is 0.437 e. The Morgan fingerprint density at radius 2 is 1.41 bits per heavy atom. The molecule has 0 bridgehead atoms. The SMILES string of the molecule is C=C1C2c3cc(C)ccc3-c3cc(C)c(C)c[n+]3C2CCc2ccc3c(oc4nc(-c5c(C(C)C)cccc5C(C)C)ccc43)c2-c2cc(C(C)C)c(C)c[n+]21. The predicted octanol–water partition coefficient (Wildman–Crippen LogP) is 12.9. The van der Waals surface area contributed by atoms with Crippen LogP contribution in [0.15, 0.2) is 96.2 Å². The molecule has 2 atom stereocenters. The van der Waals surface area contributed by atoms with Gasteiger partial charge in [0.05, 0.1) is 16.8 Å². The minimum atomic E-state index is 0.0819. The van der Waals surface area contributed by atoms with Crippen LogP contribution >= 0.6 is 0 Å². The second-order valence-corrected chi connectivity index (χ2v) is 17.7. The molecule has 9 rings (SSSR count). The van der Waals surface area contributed by atoms with E-state index < -0.39 is 0 Å². The maximum atomic E-state index is 7.09. The van der Waals surface area contributed by atoms with Gasteiger partial charge in [-0.05, 0) is 110 Å². The Morgan fingerprint density at radius 3 is 2.12 bits per heavy atom. The molecule has 4 aromatic heterocycles. The number of benzene rings is 3. The van der Waals surface area contributed by atoms with Gasteiger partial charge in [-0.1, -0.05) is 89.6 Å². The van der Waals surface area contributed by atoms with Crippen LogP contribution < -0.4 is 9.13 Å². The van der Waals surface area contributed by atoms with Crippen molar-refractivity contribution in [1.82, 2.24) is 4.98 Å². The zero-order chi connectivity index (χ0) is 39.3. The summed E-state index contributed by atoms with van der Waals surface area (Å²) in [5.41, 5.74) is 21.6. The van der Waals surface area contributed by atoms with Gasteiger partial charge in [0.2, 0.25) is 17.1 Å². The van der Waals surface area contributed by atoms with Gasteiger partial charge in [0, 0.05) is 46.0 Å². The maximum Gasteiger partial charge on any atom is 0.227 e. The highest BCUT2D eigenvalue weighted by molar-refractivity contribution is 6.09. The fourth-order valence-corrected chi connectivity index (χ4v) is 9.92. The van der Waals surface area contributed by atoms with Crippen molar-refractivity contribution in [1.29, 1.82) is 0 Å². The van der Waals surface area contributed by atoms with E-state index >= 15 is 0 Å². The van der Waals surface area contributed by atoms with E-state index in [2.05, 4.69) is 164 Å². The van der Waals surface area contributed by atoms with Gasteiger partial charge < -0.3 is 4.42 Å². The molecule has 282 valence electrons. The molecule has 4 nitrogen and oxygen atoms in total. The monoisotopic (exact) mass is 737 g/mol. The number of hydrogen-bond donors (Lipinski definition) is 0. The molecule has 2 unspecified atom stereocenters. The number of pyridine rings is 3. The number of fused-ring (bicyclic) bond motifs is 13. The normalized spacial score (nSPS) is 16.4. The second-order valence-electron chi connectivity index (χ2n) is 17.7. The highest BCUT2D eigenvalue weighted by atomic mass is 16.3. The first-order valence-electron chi connectivity index (χ1n) is 20.7. The Morgan fingerprint density at radius 1 is 0.696 bits per heavy atom. The van der Waals surface area contributed by atoms with E-state index in [9.17, 15) is 0 Å². The summed E-state index contributed by atoms with van der Waals surface area (Å²) < 4.78 is 12.1. The van der Waals surface area contributed by atoms with Crippen LogP contribution in [0.4, 0.5) is 0 Å². The van der Waals surface area contributed by atoms with Crippen LogP contribution in [0.2, 0.25) is 0 Å². The summed E-state index contributed by atoms with van der Waals surface area (Å²) in [6, 6.07) is 27.8. The van der Waals surface area contributed by atoms with Gasteiger partial charge in [-0.25, -0.2) is 4.98 Å². The van der Waals surface area contributed by atoms with Crippen molar-refractivity contribution in [3.63, 3.8) is 0 Å². The van der Waals surface area contributed by atoms with E-state index in [1.165, 1.54) is 66.9 Å². The standard InChI is InChI=1S/C52H55N3O/c1-28(2)37-13-12-14-38(29(3)4)50(37)44-21-20-41-40-19-16-36-17-22-45-48(43-23-31(7)15-18-39(43)46-24-32(8)33(9)26-55(45)46)35(11)54-27-34(10)42(30(5)6)25-47(54)49(36)51(40)56-52(41)53-44/h12-16,18-21,23-30,45,48H,11,17,22H2,1-10H3/q+2. The van der Waals surface area contributed by atoms with Crippen LogP contribution in [0.25, 0.3) is 61.5 Å². The molecule has 0 N–H and O–H groups in total. The third-order valence-corrected chi connectivity index (χ3v) is 13.0. The van der Waals surface area contributed by atoms with Gasteiger partial charge in [-0.15, -0.1) is 0 Å². The lowest BCUT2D eigenvalue weighted by molar-refractivity contribution is -0.720. The second kappa shape index (κ2) is 13.4. The topological polar surface area (TPSA) is 33.8 Å². The summed E-state index contributed by atoms with van der Waals surface area (Å²) in [5.74, 6) is 1.19. The first-order valence-corrected chi connectivity index (χ1v) is 20.7. The van der Waals surface area contributed by atoms with Crippen LogP contribution in [0.1, 0.15) is 128 Å². The lowest BCUT2D eigenvalue weighted by Crippen LogP contribution is -2.51. The molecule has 4 heteroatoms. The van der Waals surface area contributed by atoms with Gasteiger partial charge in [-0.3, -0.25) is 0 Å². The summed E-state index contributed by atoms with van der Waals surface area (Å²) in [5, 5.41) is 2.15. The number of furan rings is 1. The highest BCUT2D eigenvalue weighted by Crippen LogP contribution is 2.48. The number of nitrogens with zero attached hydrogens (tertiary/aromatic N) is 3. The van der Waals surface area contributed by atoms with Gasteiger partial charge in [-0.2, -0.15) is 9.13 Å². The molecule has 0 fully saturated rings. The Hall–Kier alpha value is -5.35. The molecule has 0 saturated carbocycles. The van der Waals surface area contributed by atoms with Crippen molar-refractivity contribution in [3.05, 3.63) is 142 Å². The minimum absolute atomic E-state index is 0.0819. The van der Waals surface area contributed by atoms with Crippen molar-refractivity contribution in [2.45, 2.75) is 112 Å². The Labute approximate surface area is 332 Å². The van der Waals surface area contributed by atoms with E-state index in [1.54, 1.807) is 0 Å². The molecular weight excluding hydrogens is 683 g/mol. The zero-order valence-electron chi connectivity index (χ0n) is 34.8. The van der Waals surface area contributed by atoms with Crippen LogP contribution in [-0.2, 0) is 6.42 Å². The number of allylic oxidation sites excluding steroid dienone is 1. The van der Waals surface area contributed by atoms with Crippen molar-refractivity contribution >= 4 is 27.8 Å². The van der Waals surface area contributed by atoms with E-state index in [4.69, 9.17) is 16.0 Å². The fraction of sp³-hybridized carbons (Fsp3) is 0.327. The summed E-state index contributed by atoms with van der Waals surface area (Å²) >= 11 is 0. The molecule has 6 heterocycles. The molecule has 0 amide bonds. The van der Waals surface area contributed by atoms with Crippen LogP contribution in [0.3, 0.4) is 0 Å². The average molecular weight is 738 g/mol.